The first-order chi connectivity index (χ1) is 13.8. The molecule has 0 saturated carbocycles. The topological polar surface area (TPSA) is 32.4 Å². The van der Waals surface area contributed by atoms with Gasteiger partial charge in [-0.25, -0.2) is 4.99 Å². The Morgan fingerprint density at radius 3 is 2.55 bits per heavy atom. The molecule has 150 valence electrons. The summed E-state index contributed by atoms with van der Waals surface area (Å²) in [4.78, 5) is 3.54. The Morgan fingerprint density at radius 1 is 0.931 bits per heavy atom. The normalized spacial score (nSPS) is 12.7. The molecule has 29 heavy (non-hydrogen) atoms. The van der Waals surface area contributed by atoms with Gasteiger partial charge in [0.25, 0.3) is 0 Å². The first kappa shape index (κ1) is 21.2. The van der Waals surface area contributed by atoms with Crippen molar-refractivity contribution in [3.8, 4) is 11.5 Å². The Labute approximate surface area is 182 Å². The van der Waals surface area contributed by atoms with Crippen LogP contribution in [0.4, 0.5) is 0 Å². The van der Waals surface area contributed by atoms with E-state index in [0.717, 1.165) is 41.3 Å². The van der Waals surface area contributed by atoms with E-state index >= 15 is 0 Å². The fourth-order valence-corrected chi connectivity index (χ4v) is 3.62. The molecule has 3 aromatic carbocycles. The lowest BCUT2D eigenvalue weighted by Crippen LogP contribution is -3.00. The largest absolute Gasteiger partial charge is 1.00 e. The number of halogens is 2. The summed E-state index contributed by atoms with van der Waals surface area (Å²) >= 11 is 6.01. The highest BCUT2D eigenvalue weighted by Gasteiger charge is 2.23. The van der Waals surface area contributed by atoms with Crippen LogP contribution in [0.2, 0.25) is 0 Å². The van der Waals surface area contributed by atoms with Crippen molar-refractivity contribution in [3.63, 3.8) is 0 Å². The molecule has 0 saturated heterocycles. The zero-order valence-electron chi connectivity index (χ0n) is 16.0. The summed E-state index contributed by atoms with van der Waals surface area (Å²) in [6.07, 6.45) is 0.831. The van der Waals surface area contributed by atoms with Gasteiger partial charge in [0, 0.05) is 17.5 Å². The molecule has 0 bridgehead atoms. The van der Waals surface area contributed by atoms with Gasteiger partial charge in [-0.3, -0.25) is 0 Å². The van der Waals surface area contributed by atoms with E-state index < -0.39 is 0 Å². The zero-order chi connectivity index (χ0) is 19.2. The third kappa shape index (κ3) is 5.11. The summed E-state index contributed by atoms with van der Waals surface area (Å²) in [5.74, 6) is 2.24. The molecule has 0 fully saturated rings. The standard InChI is InChI=1S/C24H22ClNO2.ClH/c25-13-12-19-8-4-5-9-21(19)24-22-11-10-20(16-23(22)27-15-14-26-24)28-17-18-6-2-1-3-7-18;/h1-11,16H,12-15,17H2;1H. The monoisotopic (exact) mass is 427 g/mol. The van der Waals surface area contributed by atoms with Crippen LogP contribution in [0, 0.1) is 0 Å². The predicted molar refractivity (Wildman–Crippen MR) is 113 cm³/mol. The highest BCUT2D eigenvalue weighted by atomic mass is 35.5. The first-order valence-electron chi connectivity index (χ1n) is 9.54. The third-order valence-corrected chi connectivity index (χ3v) is 4.97. The third-order valence-electron chi connectivity index (χ3n) is 4.78. The molecule has 0 unspecified atom stereocenters. The number of nitrogens with one attached hydrogen (secondary N) is 1. The van der Waals surface area contributed by atoms with Gasteiger partial charge in [-0.2, -0.15) is 0 Å². The summed E-state index contributed by atoms with van der Waals surface area (Å²) in [6, 6.07) is 24.6. The van der Waals surface area contributed by atoms with E-state index in [2.05, 4.69) is 47.5 Å². The summed E-state index contributed by atoms with van der Waals surface area (Å²) < 4.78 is 12.0. The second-order valence-corrected chi connectivity index (χ2v) is 7.06. The first-order valence-corrected chi connectivity index (χ1v) is 10.1. The van der Waals surface area contributed by atoms with Crippen molar-refractivity contribution < 1.29 is 26.9 Å². The quantitative estimate of drug-likeness (QED) is 0.576. The molecule has 1 aliphatic heterocycles. The van der Waals surface area contributed by atoms with Crippen LogP contribution in [0.3, 0.4) is 0 Å². The SMILES string of the molecule is ClCCc1ccccc1C1=[NH+]CCOc2cc(OCc3ccccc3)ccc21.[Cl-]. The van der Waals surface area contributed by atoms with Gasteiger partial charge in [-0.1, -0.05) is 48.5 Å². The maximum atomic E-state index is 6.01. The van der Waals surface area contributed by atoms with Crippen LogP contribution in [0.25, 0.3) is 0 Å². The number of alkyl halides is 1. The molecule has 0 radical (unpaired) electrons. The molecular formula is C24H23Cl2NO2. The predicted octanol–water partition coefficient (Wildman–Crippen LogP) is 0.361. The van der Waals surface area contributed by atoms with Crippen LogP contribution < -0.4 is 26.9 Å². The van der Waals surface area contributed by atoms with Crippen molar-refractivity contribution >= 4 is 17.3 Å². The van der Waals surface area contributed by atoms with E-state index in [0.29, 0.717) is 19.1 Å². The Kier molecular flexibility index (Phi) is 7.56. The smallest absolute Gasteiger partial charge is 0.217 e. The Morgan fingerprint density at radius 2 is 1.72 bits per heavy atom. The highest BCUT2D eigenvalue weighted by Crippen LogP contribution is 2.28. The maximum absolute atomic E-state index is 6.01. The minimum atomic E-state index is 0. The number of hydrogen-bond acceptors (Lipinski definition) is 2. The van der Waals surface area contributed by atoms with Gasteiger partial charge >= 0.3 is 0 Å². The average Bonchev–Trinajstić information content (AvgIpc) is 2.96. The van der Waals surface area contributed by atoms with Crippen molar-refractivity contribution in [3.05, 3.63) is 95.1 Å². The van der Waals surface area contributed by atoms with Gasteiger partial charge in [-0.15, -0.1) is 11.6 Å². The second-order valence-electron chi connectivity index (χ2n) is 6.68. The lowest BCUT2D eigenvalue weighted by atomic mass is 9.95. The van der Waals surface area contributed by atoms with Crippen LogP contribution in [0.5, 0.6) is 11.5 Å². The molecule has 4 rings (SSSR count). The number of hydrogen-bond donors (Lipinski definition) is 1. The summed E-state index contributed by atoms with van der Waals surface area (Å²) in [7, 11) is 0. The molecule has 1 heterocycles. The molecular weight excluding hydrogens is 405 g/mol. The molecule has 3 aromatic rings. The molecule has 0 spiro atoms. The highest BCUT2D eigenvalue weighted by molar-refractivity contribution is 6.18. The maximum Gasteiger partial charge on any atom is 0.217 e. The number of benzene rings is 3. The van der Waals surface area contributed by atoms with E-state index in [1.54, 1.807) is 0 Å². The zero-order valence-corrected chi connectivity index (χ0v) is 17.5. The number of ether oxygens (including phenoxy) is 2. The average molecular weight is 428 g/mol. The van der Waals surface area contributed by atoms with Crippen LogP contribution in [0.15, 0.2) is 72.8 Å². The number of fused-ring (bicyclic) bond motifs is 1. The molecule has 0 amide bonds. The van der Waals surface area contributed by atoms with E-state index in [-0.39, 0.29) is 12.4 Å². The number of aryl methyl sites for hydroxylation is 1. The van der Waals surface area contributed by atoms with Gasteiger partial charge in [0.1, 0.15) is 24.7 Å². The van der Waals surface area contributed by atoms with Gasteiger partial charge in [0.05, 0.1) is 5.56 Å². The van der Waals surface area contributed by atoms with Crippen molar-refractivity contribution in [1.29, 1.82) is 0 Å². The second kappa shape index (κ2) is 10.3. The fourth-order valence-electron chi connectivity index (χ4n) is 3.42. The number of rotatable bonds is 6. The molecule has 0 aliphatic carbocycles. The fraction of sp³-hybridized carbons (Fsp3) is 0.208. The molecule has 0 atom stereocenters. The van der Waals surface area contributed by atoms with E-state index in [1.165, 1.54) is 11.1 Å². The molecule has 0 aromatic heterocycles. The van der Waals surface area contributed by atoms with E-state index in [4.69, 9.17) is 21.1 Å². The lowest BCUT2D eigenvalue weighted by Gasteiger charge is -2.12. The molecule has 1 N–H and O–H groups in total. The van der Waals surface area contributed by atoms with E-state index in [1.807, 2.05) is 30.3 Å². The van der Waals surface area contributed by atoms with Crippen molar-refractivity contribution in [1.82, 2.24) is 0 Å². The Hall–Kier alpha value is -2.49. The molecule has 3 nitrogen and oxygen atoms in total. The minimum Gasteiger partial charge on any atom is -1.00 e. The van der Waals surface area contributed by atoms with E-state index in [9.17, 15) is 0 Å². The Balaban J connectivity index is 0.00000240. The molecule has 1 aliphatic rings. The van der Waals surface area contributed by atoms with Gasteiger partial charge in [0.2, 0.25) is 5.71 Å². The summed E-state index contributed by atoms with van der Waals surface area (Å²) in [6.45, 7) is 1.89. The summed E-state index contributed by atoms with van der Waals surface area (Å²) in [5, 5.41) is 0. The lowest BCUT2D eigenvalue weighted by molar-refractivity contribution is -0.456. The molecule has 5 heteroatoms. The summed E-state index contributed by atoms with van der Waals surface area (Å²) in [5.41, 5.74) is 5.68. The van der Waals surface area contributed by atoms with Crippen LogP contribution in [-0.2, 0) is 13.0 Å². The van der Waals surface area contributed by atoms with Crippen molar-refractivity contribution in [2.24, 2.45) is 0 Å². The van der Waals surface area contributed by atoms with Crippen LogP contribution in [-0.4, -0.2) is 24.7 Å². The van der Waals surface area contributed by atoms with Crippen molar-refractivity contribution in [2.45, 2.75) is 13.0 Å². The Bertz CT molecular complexity index is 974. The van der Waals surface area contributed by atoms with Crippen LogP contribution >= 0.6 is 11.6 Å². The van der Waals surface area contributed by atoms with Gasteiger partial charge < -0.3 is 21.9 Å². The van der Waals surface area contributed by atoms with Gasteiger partial charge in [0.15, 0.2) is 6.54 Å². The van der Waals surface area contributed by atoms with Crippen molar-refractivity contribution in [2.75, 3.05) is 19.0 Å². The minimum absolute atomic E-state index is 0. The van der Waals surface area contributed by atoms with Crippen LogP contribution in [0.1, 0.15) is 22.3 Å². The van der Waals surface area contributed by atoms with Gasteiger partial charge in [-0.05, 0) is 35.7 Å².